The zero-order valence-corrected chi connectivity index (χ0v) is 13.2. The third-order valence-electron chi connectivity index (χ3n) is 3.40. The molecular weight excluding hydrogens is 340 g/mol. The number of benzene rings is 1. The van der Waals surface area contributed by atoms with E-state index in [1.54, 1.807) is 36.5 Å². The number of nitrogens with zero attached hydrogens (tertiary/aromatic N) is 2. The van der Waals surface area contributed by atoms with Gasteiger partial charge in [0.05, 0.1) is 4.90 Å². The minimum atomic E-state index is -3.54. The molecule has 1 aromatic carbocycles. The van der Waals surface area contributed by atoms with Gasteiger partial charge in [-0.25, -0.2) is 17.7 Å². The highest BCUT2D eigenvalue weighted by Crippen LogP contribution is 2.38. The summed E-state index contributed by atoms with van der Waals surface area (Å²) in [6.45, 7) is 2.43. The molecule has 20 heavy (non-hydrogen) atoms. The van der Waals surface area contributed by atoms with Crippen LogP contribution in [0.15, 0.2) is 52.0 Å². The molecule has 104 valence electrons. The highest BCUT2D eigenvalue weighted by Gasteiger charge is 2.35. The molecule has 0 fully saturated rings. The normalized spacial score (nSPS) is 18.1. The van der Waals surface area contributed by atoms with Crippen LogP contribution in [-0.4, -0.2) is 19.9 Å². The van der Waals surface area contributed by atoms with Crippen molar-refractivity contribution in [3.8, 4) is 0 Å². The van der Waals surface area contributed by atoms with Gasteiger partial charge in [-0.1, -0.05) is 25.1 Å². The Kier molecular flexibility index (Phi) is 3.30. The predicted octanol–water partition coefficient (Wildman–Crippen LogP) is 3.16. The SMILES string of the molecule is CC1CN(S(=O)(=O)c2ccccc2)c2ncc(Br)cc21. The van der Waals surface area contributed by atoms with Gasteiger partial charge in [0.1, 0.15) is 5.82 Å². The molecule has 2 aromatic rings. The number of fused-ring (bicyclic) bond motifs is 1. The Morgan fingerprint density at radius 1 is 1.30 bits per heavy atom. The number of anilines is 1. The van der Waals surface area contributed by atoms with Crippen molar-refractivity contribution >= 4 is 31.8 Å². The van der Waals surface area contributed by atoms with Crippen LogP contribution in [0.3, 0.4) is 0 Å². The lowest BCUT2D eigenvalue weighted by molar-refractivity contribution is 0.590. The summed E-state index contributed by atoms with van der Waals surface area (Å²) < 4.78 is 27.7. The minimum absolute atomic E-state index is 0.133. The number of halogens is 1. The fraction of sp³-hybridized carbons (Fsp3) is 0.214. The van der Waals surface area contributed by atoms with Crippen molar-refractivity contribution < 1.29 is 8.42 Å². The van der Waals surface area contributed by atoms with Crippen molar-refractivity contribution in [2.75, 3.05) is 10.8 Å². The van der Waals surface area contributed by atoms with E-state index in [1.165, 1.54) is 4.31 Å². The smallest absolute Gasteiger partial charge is 0.249 e. The molecule has 0 aliphatic carbocycles. The fourth-order valence-corrected chi connectivity index (χ4v) is 4.29. The quantitative estimate of drug-likeness (QED) is 0.833. The van der Waals surface area contributed by atoms with Crippen LogP contribution in [0.1, 0.15) is 18.4 Å². The first-order valence-corrected chi connectivity index (χ1v) is 8.46. The molecule has 0 N–H and O–H groups in total. The van der Waals surface area contributed by atoms with Gasteiger partial charge in [-0.05, 0) is 34.1 Å². The number of sulfonamides is 1. The molecular formula is C14H13BrN2O2S. The first kappa shape index (κ1) is 13.6. The first-order chi connectivity index (χ1) is 9.50. The van der Waals surface area contributed by atoms with E-state index in [0.717, 1.165) is 10.0 Å². The molecule has 4 nitrogen and oxygen atoms in total. The van der Waals surface area contributed by atoms with Crippen molar-refractivity contribution in [2.45, 2.75) is 17.7 Å². The summed E-state index contributed by atoms with van der Waals surface area (Å²) >= 11 is 3.38. The molecule has 0 amide bonds. The summed E-state index contributed by atoms with van der Waals surface area (Å²) in [7, 11) is -3.54. The summed E-state index contributed by atoms with van der Waals surface area (Å²) in [4.78, 5) is 4.58. The van der Waals surface area contributed by atoms with Crippen LogP contribution >= 0.6 is 15.9 Å². The summed E-state index contributed by atoms with van der Waals surface area (Å²) in [6.07, 6.45) is 1.63. The van der Waals surface area contributed by atoms with Crippen LogP contribution in [0.4, 0.5) is 5.82 Å². The van der Waals surface area contributed by atoms with Crippen LogP contribution < -0.4 is 4.31 Å². The van der Waals surface area contributed by atoms with Gasteiger partial charge >= 0.3 is 0 Å². The van der Waals surface area contributed by atoms with E-state index < -0.39 is 10.0 Å². The molecule has 1 atom stereocenters. The molecule has 6 heteroatoms. The monoisotopic (exact) mass is 352 g/mol. The fourth-order valence-electron chi connectivity index (χ4n) is 2.38. The third-order valence-corrected chi connectivity index (χ3v) is 5.60. The highest BCUT2D eigenvalue weighted by molar-refractivity contribution is 9.10. The van der Waals surface area contributed by atoms with Gasteiger partial charge < -0.3 is 0 Å². The minimum Gasteiger partial charge on any atom is -0.249 e. The summed E-state index contributed by atoms with van der Waals surface area (Å²) in [5.74, 6) is 0.665. The second kappa shape index (κ2) is 4.86. The maximum absolute atomic E-state index is 12.7. The Labute approximate surface area is 126 Å². The van der Waals surface area contributed by atoms with Crippen molar-refractivity contribution in [1.29, 1.82) is 0 Å². The van der Waals surface area contributed by atoms with Gasteiger partial charge in [0, 0.05) is 28.7 Å². The number of aromatic nitrogens is 1. The van der Waals surface area contributed by atoms with E-state index in [0.29, 0.717) is 17.3 Å². The second-order valence-electron chi connectivity index (χ2n) is 4.82. The molecule has 2 heterocycles. The topological polar surface area (TPSA) is 50.3 Å². The maximum atomic E-state index is 12.7. The predicted molar refractivity (Wildman–Crippen MR) is 81.3 cm³/mol. The van der Waals surface area contributed by atoms with Gasteiger partial charge in [0.25, 0.3) is 10.0 Å². The van der Waals surface area contributed by atoms with Gasteiger partial charge in [-0.3, -0.25) is 0 Å². The van der Waals surface area contributed by atoms with Crippen LogP contribution in [0.25, 0.3) is 0 Å². The average Bonchev–Trinajstić information content (AvgIpc) is 2.77. The lowest BCUT2D eigenvalue weighted by Crippen LogP contribution is -2.30. The number of hydrogen-bond acceptors (Lipinski definition) is 3. The molecule has 0 saturated carbocycles. The molecule has 1 unspecified atom stereocenters. The third kappa shape index (κ3) is 2.13. The highest BCUT2D eigenvalue weighted by atomic mass is 79.9. The summed E-state index contributed by atoms with van der Waals surface area (Å²) in [5.41, 5.74) is 0.957. The Morgan fingerprint density at radius 2 is 2.00 bits per heavy atom. The zero-order valence-electron chi connectivity index (χ0n) is 10.8. The van der Waals surface area contributed by atoms with Crippen LogP contribution in [-0.2, 0) is 10.0 Å². The lowest BCUT2D eigenvalue weighted by atomic mass is 10.1. The molecule has 0 saturated heterocycles. The van der Waals surface area contributed by atoms with Crippen LogP contribution in [0.5, 0.6) is 0 Å². The molecule has 3 rings (SSSR count). The number of hydrogen-bond donors (Lipinski definition) is 0. The molecule has 1 aliphatic heterocycles. The molecule has 0 bridgehead atoms. The van der Waals surface area contributed by atoms with Gasteiger partial charge in [0.15, 0.2) is 0 Å². The number of pyridine rings is 1. The largest absolute Gasteiger partial charge is 0.265 e. The summed E-state index contributed by atoms with van der Waals surface area (Å²) in [5, 5.41) is 0. The van der Waals surface area contributed by atoms with Gasteiger partial charge in [-0.2, -0.15) is 0 Å². The Bertz CT molecular complexity index is 747. The molecule has 0 spiro atoms. The average molecular weight is 353 g/mol. The van der Waals surface area contributed by atoms with Crippen molar-refractivity contribution in [2.24, 2.45) is 0 Å². The van der Waals surface area contributed by atoms with Crippen molar-refractivity contribution in [1.82, 2.24) is 4.98 Å². The Morgan fingerprint density at radius 3 is 2.70 bits per heavy atom. The van der Waals surface area contributed by atoms with E-state index in [-0.39, 0.29) is 5.92 Å². The van der Waals surface area contributed by atoms with E-state index in [1.807, 2.05) is 13.0 Å². The molecule has 1 aliphatic rings. The van der Waals surface area contributed by atoms with Gasteiger partial charge in [-0.15, -0.1) is 0 Å². The lowest BCUT2D eigenvalue weighted by Gasteiger charge is -2.18. The standard InChI is InChI=1S/C14H13BrN2O2S/c1-10-9-17(14-13(10)7-11(15)8-16-14)20(18,19)12-5-3-2-4-6-12/h2-8,10H,9H2,1H3. The Hall–Kier alpha value is -1.40. The van der Waals surface area contributed by atoms with Crippen molar-refractivity contribution in [3.63, 3.8) is 0 Å². The van der Waals surface area contributed by atoms with E-state index in [2.05, 4.69) is 20.9 Å². The summed E-state index contributed by atoms with van der Waals surface area (Å²) in [6, 6.07) is 10.4. The second-order valence-corrected chi connectivity index (χ2v) is 7.59. The number of rotatable bonds is 2. The first-order valence-electron chi connectivity index (χ1n) is 6.23. The van der Waals surface area contributed by atoms with Gasteiger partial charge in [0.2, 0.25) is 0 Å². The Balaban J connectivity index is 2.10. The zero-order chi connectivity index (χ0) is 14.3. The van der Waals surface area contributed by atoms with E-state index in [9.17, 15) is 8.42 Å². The van der Waals surface area contributed by atoms with Crippen LogP contribution in [0.2, 0.25) is 0 Å². The van der Waals surface area contributed by atoms with E-state index in [4.69, 9.17) is 0 Å². The van der Waals surface area contributed by atoms with E-state index >= 15 is 0 Å². The molecule has 1 aromatic heterocycles. The molecule has 0 radical (unpaired) electrons. The maximum Gasteiger partial charge on any atom is 0.265 e. The van der Waals surface area contributed by atoms with Crippen molar-refractivity contribution in [3.05, 3.63) is 52.6 Å². The van der Waals surface area contributed by atoms with Crippen LogP contribution in [0, 0.1) is 0 Å².